The number of methoxy groups -OCH3 is 1. The first-order valence-electron chi connectivity index (χ1n) is 15.9. The Morgan fingerprint density at radius 1 is 0.976 bits per heavy atom. The summed E-state index contributed by atoms with van der Waals surface area (Å²) in [6.45, 7) is 18.4. The van der Waals surface area contributed by atoms with E-state index in [1.54, 1.807) is 20.1 Å². The van der Waals surface area contributed by atoms with E-state index in [0.29, 0.717) is 18.1 Å². The third-order valence-electron chi connectivity index (χ3n) is 13.3. The minimum Gasteiger partial charge on any atom is -0.469 e. The maximum Gasteiger partial charge on any atom is 0.330 e. The number of ether oxygens (including phenoxy) is 2. The van der Waals surface area contributed by atoms with Crippen molar-refractivity contribution in [2.75, 3.05) is 13.7 Å². The van der Waals surface area contributed by atoms with Crippen LogP contribution in [-0.4, -0.2) is 31.4 Å². The summed E-state index contributed by atoms with van der Waals surface area (Å²) < 4.78 is 10.6. The molecule has 5 heteroatoms. The zero-order chi connectivity index (χ0) is 30.2. The van der Waals surface area contributed by atoms with E-state index in [1.165, 1.54) is 11.6 Å². The fourth-order valence-corrected chi connectivity index (χ4v) is 10.8. The van der Waals surface area contributed by atoms with Crippen molar-refractivity contribution in [2.24, 2.45) is 50.2 Å². The number of hydrogen-bond acceptors (Lipinski definition) is 5. The smallest absolute Gasteiger partial charge is 0.330 e. The normalized spacial score (nSPS) is 42.6. The Kier molecular flexibility index (Phi) is 7.15. The van der Waals surface area contributed by atoms with Crippen LogP contribution in [0.25, 0.3) is 0 Å². The maximum absolute atomic E-state index is 13.8. The first-order chi connectivity index (χ1) is 19.0. The van der Waals surface area contributed by atoms with Crippen LogP contribution >= 0.6 is 0 Å². The molecule has 5 rings (SSSR count). The van der Waals surface area contributed by atoms with Crippen molar-refractivity contribution >= 4 is 17.7 Å². The van der Waals surface area contributed by atoms with Gasteiger partial charge in [-0.05, 0) is 104 Å². The van der Waals surface area contributed by atoms with Crippen LogP contribution < -0.4 is 0 Å². The number of rotatable bonds is 4. The summed E-state index contributed by atoms with van der Waals surface area (Å²) in [4.78, 5) is 39.4. The van der Waals surface area contributed by atoms with E-state index in [9.17, 15) is 14.4 Å². The SMILES string of the molecule is CCOC(=O)/C=C/C1=C[C@]2(C)[C@H]3CC=C4[C@@H]5CC(C)(C)CC[C@]5(C(=O)OC)CC[C@@]4(C)[C@]3(C)CC[C@H]2C(C)(C)C1=O. The summed E-state index contributed by atoms with van der Waals surface area (Å²) in [5.41, 5.74) is 1.18. The summed E-state index contributed by atoms with van der Waals surface area (Å²) in [5, 5.41) is 0. The van der Waals surface area contributed by atoms with E-state index < -0.39 is 16.8 Å². The molecule has 0 N–H and O–H groups in total. The van der Waals surface area contributed by atoms with Gasteiger partial charge in [-0.2, -0.15) is 0 Å². The first kappa shape index (κ1) is 30.3. The van der Waals surface area contributed by atoms with Crippen LogP contribution in [0.4, 0.5) is 0 Å². The van der Waals surface area contributed by atoms with Crippen LogP contribution in [0.5, 0.6) is 0 Å². The second-order valence-electron chi connectivity index (χ2n) is 16.0. The number of hydrogen-bond donors (Lipinski definition) is 0. The maximum atomic E-state index is 13.8. The first-order valence-corrected chi connectivity index (χ1v) is 15.9. The van der Waals surface area contributed by atoms with Crippen molar-refractivity contribution in [3.05, 3.63) is 35.5 Å². The fraction of sp³-hybridized carbons (Fsp3) is 0.750. The van der Waals surface area contributed by atoms with Gasteiger partial charge in [-0.1, -0.05) is 66.2 Å². The van der Waals surface area contributed by atoms with Gasteiger partial charge in [0.2, 0.25) is 0 Å². The quantitative estimate of drug-likeness (QED) is 0.198. The minimum absolute atomic E-state index is 0.0163. The molecule has 0 heterocycles. The van der Waals surface area contributed by atoms with E-state index in [4.69, 9.17) is 9.47 Å². The van der Waals surface area contributed by atoms with Gasteiger partial charge in [-0.15, -0.1) is 0 Å². The fourth-order valence-electron chi connectivity index (χ4n) is 10.8. The Bertz CT molecular complexity index is 1230. The molecular formula is C36H52O5. The van der Waals surface area contributed by atoms with Crippen LogP contribution in [0.3, 0.4) is 0 Å². The number of esters is 2. The standard InChI is InChI=1S/C36H52O5/c1-10-41-28(37)14-11-23-21-33(6)26(32(4,5)29(23)38)15-16-35(8)27(33)13-12-24-25-22-31(2,3)17-19-36(25,30(39)40-9)20-18-34(24,35)7/h11-12,14,21,25-27H,10,13,15-20,22H2,1-9H3/b14-11+/t25-,26-,27+,33-,34+,35+,36-/m0/s1. The Labute approximate surface area is 247 Å². The number of carbonyl (C=O) groups excluding carboxylic acids is 3. The van der Waals surface area contributed by atoms with Gasteiger partial charge in [-0.3, -0.25) is 9.59 Å². The molecule has 0 aromatic rings. The molecule has 5 aliphatic rings. The minimum atomic E-state index is -0.524. The molecular weight excluding hydrogens is 512 g/mol. The van der Waals surface area contributed by atoms with Crippen LogP contribution in [0.2, 0.25) is 0 Å². The van der Waals surface area contributed by atoms with Crippen LogP contribution in [-0.2, 0) is 23.9 Å². The number of carbonyl (C=O) groups is 3. The Balaban J connectivity index is 1.61. The van der Waals surface area contributed by atoms with Gasteiger partial charge in [0.25, 0.3) is 0 Å². The molecule has 0 saturated heterocycles. The molecule has 5 aliphatic carbocycles. The molecule has 0 aromatic carbocycles. The predicted octanol–water partition coefficient (Wildman–Crippen LogP) is 7.80. The third kappa shape index (κ3) is 4.18. The Morgan fingerprint density at radius 3 is 2.32 bits per heavy atom. The van der Waals surface area contributed by atoms with Gasteiger partial charge in [0.1, 0.15) is 0 Å². The average Bonchev–Trinajstić information content (AvgIpc) is 2.90. The summed E-state index contributed by atoms with van der Waals surface area (Å²) in [7, 11) is 1.56. The molecule has 0 spiro atoms. The van der Waals surface area contributed by atoms with E-state index in [-0.39, 0.29) is 45.2 Å². The van der Waals surface area contributed by atoms with E-state index in [0.717, 1.165) is 51.4 Å². The van der Waals surface area contributed by atoms with E-state index in [2.05, 4.69) is 60.6 Å². The Morgan fingerprint density at radius 2 is 1.66 bits per heavy atom. The largest absolute Gasteiger partial charge is 0.469 e. The molecule has 0 radical (unpaired) electrons. The lowest BCUT2D eigenvalue weighted by molar-refractivity contribution is -0.177. The van der Waals surface area contributed by atoms with Gasteiger partial charge in [-0.25, -0.2) is 4.79 Å². The van der Waals surface area contributed by atoms with Crippen molar-refractivity contribution in [3.63, 3.8) is 0 Å². The highest BCUT2D eigenvalue weighted by atomic mass is 16.5. The van der Waals surface area contributed by atoms with Crippen LogP contribution in [0, 0.1) is 50.2 Å². The number of allylic oxidation sites excluding steroid dienone is 5. The molecule has 0 aromatic heterocycles. The highest BCUT2D eigenvalue weighted by molar-refractivity contribution is 6.04. The molecule has 226 valence electrons. The Hall–Kier alpha value is -2.17. The van der Waals surface area contributed by atoms with Crippen LogP contribution in [0.15, 0.2) is 35.5 Å². The summed E-state index contributed by atoms with van der Waals surface area (Å²) >= 11 is 0. The lowest BCUT2D eigenvalue weighted by Crippen LogP contribution is -2.64. The van der Waals surface area contributed by atoms with Crippen molar-refractivity contribution in [2.45, 2.75) is 107 Å². The van der Waals surface area contributed by atoms with Crippen molar-refractivity contribution in [3.8, 4) is 0 Å². The monoisotopic (exact) mass is 564 g/mol. The number of fused-ring (bicyclic) bond motifs is 7. The van der Waals surface area contributed by atoms with Gasteiger partial charge in [0.15, 0.2) is 5.78 Å². The van der Waals surface area contributed by atoms with Crippen molar-refractivity contribution < 1.29 is 23.9 Å². The average molecular weight is 565 g/mol. The molecule has 3 fully saturated rings. The predicted molar refractivity (Wildman–Crippen MR) is 161 cm³/mol. The zero-order valence-corrected chi connectivity index (χ0v) is 26.9. The van der Waals surface area contributed by atoms with Crippen molar-refractivity contribution in [1.82, 2.24) is 0 Å². The second kappa shape index (κ2) is 9.67. The van der Waals surface area contributed by atoms with Gasteiger partial charge >= 0.3 is 11.9 Å². The lowest BCUT2D eigenvalue weighted by Gasteiger charge is -2.70. The molecule has 0 bridgehead atoms. The molecule has 0 aliphatic heterocycles. The van der Waals surface area contributed by atoms with E-state index >= 15 is 0 Å². The van der Waals surface area contributed by atoms with Crippen LogP contribution in [0.1, 0.15) is 107 Å². The summed E-state index contributed by atoms with van der Waals surface area (Å²) in [6, 6.07) is 0. The van der Waals surface area contributed by atoms with Gasteiger partial charge < -0.3 is 9.47 Å². The third-order valence-corrected chi connectivity index (χ3v) is 13.3. The molecule has 0 unspecified atom stereocenters. The highest BCUT2D eigenvalue weighted by Gasteiger charge is 2.69. The molecule has 5 nitrogen and oxygen atoms in total. The summed E-state index contributed by atoms with van der Waals surface area (Å²) in [6.07, 6.45) is 15.7. The van der Waals surface area contributed by atoms with Gasteiger partial charge in [0, 0.05) is 17.1 Å². The topological polar surface area (TPSA) is 69.7 Å². The van der Waals surface area contributed by atoms with Crippen molar-refractivity contribution in [1.29, 1.82) is 0 Å². The zero-order valence-electron chi connectivity index (χ0n) is 26.9. The molecule has 3 saturated carbocycles. The molecule has 7 atom stereocenters. The molecule has 41 heavy (non-hydrogen) atoms. The molecule has 0 amide bonds. The van der Waals surface area contributed by atoms with Gasteiger partial charge in [0.05, 0.1) is 19.1 Å². The number of ketones is 1. The summed E-state index contributed by atoms with van der Waals surface area (Å²) in [5.74, 6) is 0.478. The second-order valence-corrected chi connectivity index (χ2v) is 16.0. The lowest BCUT2D eigenvalue weighted by atomic mass is 9.34. The van der Waals surface area contributed by atoms with E-state index in [1.807, 2.05) is 0 Å². The number of Topliss-reactive ketones (excluding diaryl/α,β-unsaturated/α-hetero) is 1. The highest BCUT2D eigenvalue weighted by Crippen LogP contribution is 2.75.